The zero-order chi connectivity index (χ0) is 16.1. The fourth-order valence-electron chi connectivity index (χ4n) is 1.43. The molecule has 1 aromatic rings. The largest absolute Gasteiger partial charge is 0.444 e. The maximum Gasteiger partial charge on any atom is 0.408 e. The number of hydrogen-bond acceptors (Lipinski definition) is 5. The third kappa shape index (κ3) is 6.69. The van der Waals surface area contributed by atoms with Gasteiger partial charge in [0.15, 0.2) is 0 Å². The minimum atomic E-state index is -0.653. The molecule has 116 valence electrons. The van der Waals surface area contributed by atoms with Gasteiger partial charge in [0.1, 0.15) is 11.3 Å². The van der Waals surface area contributed by atoms with Gasteiger partial charge >= 0.3 is 6.09 Å². The molecule has 7 heteroatoms. The molecule has 0 aromatic carbocycles. The van der Waals surface area contributed by atoms with Crippen molar-refractivity contribution in [3.63, 3.8) is 0 Å². The Hall–Kier alpha value is -2.18. The van der Waals surface area contributed by atoms with E-state index in [-0.39, 0.29) is 18.1 Å². The Balaban J connectivity index is 2.49. The monoisotopic (exact) mass is 294 g/mol. The molecular formula is C14H22N4O3. The van der Waals surface area contributed by atoms with Gasteiger partial charge in [0.05, 0.1) is 11.7 Å². The minimum Gasteiger partial charge on any atom is -0.444 e. The van der Waals surface area contributed by atoms with E-state index in [2.05, 4.69) is 20.6 Å². The van der Waals surface area contributed by atoms with Gasteiger partial charge in [-0.1, -0.05) is 0 Å². The van der Waals surface area contributed by atoms with Crippen molar-refractivity contribution in [1.82, 2.24) is 20.6 Å². The number of hydrogen-bond donors (Lipinski definition) is 2. The first-order valence-electron chi connectivity index (χ1n) is 6.64. The van der Waals surface area contributed by atoms with Gasteiger partial charge in [-0.05, 0) is 34.6 Å². The second-order valence-electron chi connectivity index (χ2n) is 6.28. The maximum atomic E-state index is 11.8. The van der Waals surface area contributed by atoms with Gasteiger partial charge in [-0.2, -0.15) is 0 Å². The summed E-state index contributed by atoms with van der Waals surface area (Å²) in [6.07, 6.45) is 3.79. The summed E-state index contributed by atoms with van der Waals surface area (Å²) in [4.78, 5) is 31.3. The standard InChI is InChI=1S/C14H22N4O3/c1-13(2,3)21-12(20)18-14(4,5)9-17-11(19)10-8-15-6-7-16-10/h6-8H,9H2,1-5H3,(H,17,19)(H,18,20). The summed E-state index contributed by atoms with van der Waals surface area (Å²) >= 11 is 0. The summed E-state index contributed by atoms with van der Waals surface area (Å²) in [6.45, 7) is 9.17. The molecule has 0 saturated heterocycles. The predicted molar refractivity (Wildman–Crippen MR) is 77.8 cm³/mol. The second-order valence-corrected chi connectivity index (χ2v) is 6.28. The Kier molecular flexibility index (Phi) is 5.23. The van der Waals surface area contributed by atoms with Crippen LogP contribution in [0.2, 0.25) is 0 Å². The molecule has 2 N–H and O–H groups in total. The van der Waals surface area contributed by atoms with E-state index in [0.717, 1.165) is 0 Å². The lowest BCUT2D eigenvalue weighted by molar-refractivity contribution is 0.0469. The number of carbonyl (C=O) groups excluding carboxylic acids is 2. The molecule has 1 rings (SSSR count). The zero-order valence-electron chi connectivity index (χ0n) is 13.1. The average molecular weight is 294 g/mol. The van der Waals surface area contributed by atoms with Crippen molar-refractivity contribution in [1.29, 1.82) is 0 Å². The summed E-state index contributed by atoms with van der Waals surface area (Å²) < 4.78 is 5.18. The van der Waals surface area contributed by atoms with Crippen LogP contribution in [0, 0.1) is 0 Å². The fraction of sp³-hybridized carbons (Fsp3) is 0.571. The highest BCUT2D eigenvalue weighted by Gasteiger charge is 2.25. The van der Waals surface area contributed by atoms with E-state index in [0.29, 0.717) is 0 Å². The van der Waals surface area contributed by atoms with Crippen LogP contribution in [0.3, 0.4) is 0 Å². The molecule has 1 heterocycles. The first-order valence-corrected chi connectivity index (χ1v) is 6.64. The van der Waals surface area contributed by atoms with E-state index in [4.69, 9.17) is 4.74 Å². The van der Waals surface area contributed by atoms with Gasteiger partial charge in [0, 0.05) is 18.9 Å². The number of alkyl carbamates (subject to hydrolysis) is 1. The Labute approximate surface area is 124 Å². The van der Waals surface area contributed by atoms with Crippen molar-refractivity contribution in [2.45, 2.75) is 45.8 Å². The normalized spacial score (nSPS) is 11.7. The summed E-state index contributed by atoms with van der Waals surface area (Å²) in [6, 6.07) is 0. The molecule has 0 radical (unpaired) electrons. The topological polar surface area (TPSA) is 93.2 Å². The molecule has 7 nitrogen and oxygen atoms in total. The summed E-state index contributed by atoms with van der Waals surface area (Å²) in [7, 11) is 0. The number of rotatable bonds is 4. The van der Waals surface area contributed by atoms with Crippen molar-refractivity contribution in [3.8, 4) is 0 Å². The zero-order valence-corrected chi connectivity index (χ0v) is 13.1. The molecule has 0 aliphatic carbocycles. The van der Waals surface area contributed by atoms with E-state index >= 15 is 0 Å². The third-order valence-electron chi connectivity index (χ3n) is 2.33. The number of aromatic nitrogens is 2. The molecular weight excluding hydrogens is 272 g/mol. The van der Waals surface area contributed by atoms with Crippen molar-refractivity contribution in [3.05, 3.63) is 24.3 Å². The fourth-order valence-corrected chi connectivity index (χ4v) is 1.43. The molecule has 21 heavy (non-hydrogen) atoms. The van der Waals surface area contributed by atoms with Crippen LogP contribution in [-0.2, 0) is 4.74 Å². The van der Waals surface area contributed by atoms with Crippen LogP contribution >= 0.6 is 0 Å². The first kappa shape index (κ1) is 16.9. The molecule has 0 spiro atoms. The molecule has 0 aliphatic rings. The first-order chi connectivity index (χ1) is 9.59. The van der Waals surface area contributed by atoms with E-state index in [9.17, 15) is 9.59 Å². The van der Waals surface area contributed by atoms with E-state index < -0.39 is 17.2 Å². The smallest absolute Gasteiger partial charge is 0.408 e. The minimum absolute atomic E-state index is 0.227. The van der Waals surface area contributed by atoms with Gasteiger partial charge < -0.3 is 15.4 Å². The lowest BCUT2D eigenvalue weighted by atomic mass is 10.1. The Morgan fingerprint density at radius 2 is 1.86 bits per heavy atom. The summed E-state index contributed by atoms with van der Waals surface area (Å²) in [5, 5.41) is 5.40. The Bertz CT molecular complexity index is 495. The van der Waals surface area contributed by atoms with Crippen LogP contribution in [0.4, 0.5) is 4.79 Å². The third-order valence-corrected chi connectivity index (χ3v) is 2.33. The Morgan fingerprint density at radius 1 is 1.19 bits per heavy atom. The average Bonchev–Trinajstić information content (AvgIpc) is 2.34. The number of carbonyl (C=O) groups is 2. The molecule has 0 atom stereocenters. The van der Waals surface area contributed by atoms with Crippen LogP contribution in [0.25, 0.3) is 0 Å². The van der Waals surface area contributed by atoms with Gasteiger partial charge in [0.2, 0.25) is 0 Å². The summed E-state index contributed by atoms with van der Waals surface area (Å²) in [5.74, 6) is -0.345. The number of nitrogens with one attached hydrogen (secondary N) is 2. The molecule has 0 saturated carbocycles. The number of amides is 2. The van der Waals surface area contributed by atoms with Gasteiger partial charge in [-0.3, -0.25) is 9.78 Å². The van der Waals surface area contributed by atoms with E-state index in [1.165, 1.54) is 18.6 Å². The molecule has 0 aliphatic heterocycles. The highest BCUT2D eigenvalue weighted by molar-refractivity contribution is 5.91. The molecule has 0 unspecified atom stereocenters. The number of nitrogens with zero attached hydrogens (tertiary/aromatic N) is 2. The van der Waals surface area contributed by atoms with Crippen LogP contribution < -0.4 is 10.6 Å². The Morgan fingerprint density at radius 3 is 2.38 bits per heavy atom. The van der Waals surface area contributed by atoms with Crippen molar-refractivity contribution in [2.75, 3.05) is 6.54 Å². The van der Waals surface area contributed by atoms with Crippen LogP contribution in [0.5, 0.6) is 0 Å². The van der Waals surface area contributed by atoms with Crippen LogP contribution in [0.15, 0.2) is 18.6 Å². The lowest BCUT2D eigenvalue weighted by Gasteiger charge is -2.28. The molecule has 1 aromatic heterocycles. The quantitative estimate of drug-likeness (QED) is 0.878. The highest BCUT2D eigenvalue weighted by Crippen LogP contribution is 2.09. The van der Waals surface area contributed by atoms with E-state index in [1.807, 2.05) is 0 Å². The second kappa shape index (κ2) is 6.51. The predicted octanol–water partition coefficient (Wildman–Crippen LogP) is 1.51. The van der Waals surface area contributed by atoms with E-state index in [1.54, 1.807) is 34.6 Å². The number of ether oxygens (including phenoxy) is 1. The highest BCUT2D eigenvalue weighted by atomic mass is 16.6. The van der Waals surface area contributed by atoms with Crippen molar-refractivity contribution < 1.29 is 14.3 Å². The van der Waals surface area contributed by atoms with Gasteiger partial charge in [0.25, 0.3) is 5.91 Å². The maximum absolute atomic E-state index is 11.8. The lowest BCUT2D eigenvalue weighted by Crippen LogP contribution is -2.52. The molecule has 0 fully saturated rings. The van der Waals surface area contributed by atoms with Crippen molar-refractivity contribution >= 4 is 12.0 Å². The van der Waals surface area contributed by atoms with Gasteiger partial charge in [-0.25, -0.2) is 9.78 Å². The van der Waals surface area contributed by atoms with Crippen LogP contribution in [0.1, 0.15) is 45.1 Å². The summed E-state index contributed by atoms with van der Waals surface area (Å²) in [5.41, 5.74) is -0.992. The molecule has 2 amide bonds. The molecule has 0 bridgehead atoms. The van der Waals surface area contributed by atoms with Crippen LogP contribution in [-0.4, -0.2) is 39.7 Å². The van der Waals surface area contributed by atoms with Crippen molar-refractivity contribution in [2.24, 2.45) is 0 Å². The SMILES string of the molecule is CC(C)(CNC(=O)c1cnccn1)NC(=O)OC(C)(C)C. The van der Waals surface area contributed by atoms with Gasteiger partial charge in [-0.15, -0.1) is 0 Å².